The summed E-state index contributed by atoms with van der Waals surface area (Å²) in [5.74, 6) is -1.45. The van der Waals surface area contributed by atoms with Gasteiger partial charge >= 0.3 is 0 Å². The van der Waals surface area contributed by atoms with Crippen LogP contribution in [0, 0.1) is 5.82 Å². The van der Waals surface area contributed by atoms with Crippen molar-refractivity contribution in [3.8, 4) is 0 Å². The summed E-state index contributed by atoms with van der Waals surface area (Å²) in [4.78, 5) is 30.6. The highest BCUT2D eigenvalue weighted by Crippen LogP contribution is 2.23. The zero-order valence-electron chi connectivity index (χ0n) is 20.4. The van der Waals surface area contributed by atoms with Crippen LogP contribution in [0.25, 0.3) is 11.0 Å². The number of aromatic nitrogens is 2. The molecule has 0 radical (unpaired) electrons. The van der Waals surface area contributed by atoms with Gasteiger partial charge < -0.3 is 24.7 Å². The quantitative estimate of drug-likeness (QED) is 0.232. The minimum Gasteiger partial charge on any atom is -0.772 e. The van der Waals surface area contributed by atoms with Crippen molar-refractivity contribution in [3.05, 3.63) is 110 Å². The SMILES string of the molecule is COC(O)Cc1c(C(N)=O)c(=O)n(Cc2ccc(CS(=O)[O-])cc2)c2cc(Cc3ccc(F)cc3)cnc12. The van der Waals surface area contributed by atoms with Crippen LogP contribution < -0.4 is 11.3 Å². The molecule has 2 atom stereocenters. The van der Waals surface area contributed by atoms with Crippen LogP contribution in [-0.2, 0) is 41.0 Å². The molecule has 2 unspecified atom stereocenters. The molecule has 0 saturated heterocycles. The molecular weight excluding hydrogens is 513 g/mol. The highest BCUT2D eigenvalue weighted by molar-refractivity contribution is 7.78. The lowest BCUT2D eigenvalue weighted by Crippen LogP contribution is -2.33. The maximum atomic E-state index is 13.6. The van der Waals surface area contributed by atoms with Gasteiger partial charge in [-0.3, -0.25) is 18.8 Å². The van der Waals surface area contributed by atoms with Crippen molar-refractivity contribution >= 4 is 28.0 Å². The Bertz CT molecular complexity index is 1550. The molecule has 0 aliphatic carbocycles. The van der Waals surface area contributed by atoms with Gasteiger partial charge in [0.05, 0.1) is 17.6 Å². The zero-order valence-corrected chi connectivity index (χ0v) is 21.2. The van der Waals surface area contributed by atoms with Crippen molar-refractivity contribution in [2.75, 3.05) is 7.11 Å². The molecule has 2 aromatic carbocycles. The molecule has 3 N–H and O–H groups in total. The van der Waals surface area contributed by atoms with Gasteiger partial charge in [-0.15, -0.1) is 0 Å². The minimum atomic E-state index is -2.24. The van der Waals surface area contributed by atoms with Gasteiger partial charge in [0, 0.05) is 31.0 Å². The Morgan fingerprint density at radius 3 is 2.37 bits per heavy atom. The highest BCUT2D eigenvalue weighted by Gasteiger charge is 2.24. The predicted molar refractivity (Wildman–Crippen MR) is 139 cm³/mol. The van der Waals surface area contributed by atoms with Gasteiger partial charge in [0.15, 0.2) is 6.29 Å². The zero-order chi connectivity index (χ0) is 27.4. The fourth-order valence-electron chi connectivity index (χ4n) is 4.29. The van der Waals surface area contributed by atoms with E-state index in [0.717, 1.165) is 11.1 Å². The number of halogens is 1. The van der Waals surface area contributed by atoms with Crippen LogP contribution in [0.2, 0.25) is 0 Å². The Morgan fingerprint density at radius 1 is 1.13 bits per heavy atom. The molecule has 1 amide bonds. The Balaban J connectivity index is 1.88. The molecule has 2 aromatic heterocycles. The summed E-state index contributed by atoms with van der Waals surface area (Å²) < 4.78 is 41.7. The van der Waals surface area contributed by atoms with E-state index in [0.29, 0.717) is 28.6 Å². The fraction of sp³-hybridized carbons (Fsp3) is 0.222. The summed E-state index contributed by atoms with van der Waals surface area (Å²) in [5, 5.41) is 10.1. The molecule has 0 aliphatic rings. The van der Waals surface area contributed by atoms with E-state index in [2.05, 4.69) is 4.98 Å². The third-order valence-corrected chi connectivity index (χ3v) is 6.70. The Morgan fingerprint density at radius 2 is 1.76 bits per heavy atom. The van der Waals surface area contributed by atoms with Crippen LogP contribution in [0.1, 0.15) is 38.2 Å². The molecule has 0 spiro atoms. The van der Waals surface area contributed by atoms with Crippen LogP contribution in [0.15, 0.2) is 65.6 Å². The summed E-state index contributed by atoms with van der Waals surface area (Å²) in [7, 11) is 1.29. The number of aliphatic hydroxyl groups excluding tert-OH is 1. The highest BCUT2D eigenvalue weighted by atomic mass is 32.2. The number of carbonyl (C=O) groups excluding carboxylic acids is 1. The second-order valence-electron chi connectivity index (χ2n) is 8.78. The lowest BCUT2D eigenvalue weighted by atomic mass is 10.00. The smallest absolute Gasteiger partial charge is 0.264 e. The number of hydrogen-bond acceptors (Lipinski definition) is 7. The number of pyridine rings is 2. The third-order valence-electron chi connectivity index (χ3n) is 6.13. The van der Waals surface area contributed by atoms with Crippen molar-refractivity contribution in [2.45, 2.75) is 31.4 Å². The Hall–Kier alpha value is -3.77. The first-order chi connectivity index (χ1) is 18.2. The first-order valence-electron chi connectivity index (χ1n) is 11.6. The van der Waals surface area contributed by atoms with Crippen molar-refractivity contribution < 1.29 is 27.8 Å². The van der Waals surface area contributed by atoms with Crippen LogP contribution in [0.5, 0.6) is 0 Å². The van der Waals surface area contributed by atoms with Crippen LogP contribution >= 0.6 is 0 Å². The standard InChI is InChI=1S/C27H26FN3O6S/c1-37-23(32)12-21-24(26(29)33)27(34)31(14-17-2-4-18(5-3-17)15-38(35)36)22-11-19(13-30-25(21)22)10-16-6-8-20(28)9-7-16/h2-9,11,13,23,32H,10,12,14-15H2,1H3,(H2,29,33)(H,35,36)/p-1. The van der Waals surface area contributed by atoms with E-state index in [9.17, 15) is 27.8 Å². The molecule has 0 aliphatic heterocycles. The van der Waals surface area contributed by atoms with Gasteiger partial charge in [0.25, 0.3) is 11.5 Å². The maximum Gasteiger partial charge on any atom is 0.264 e. The molecule has 2 heterocycles. The second kappa shape index (κ2) is 11.7. The number of aliphatic hydroxyl groups is 1. The first-order valence-corrected chi connectivity index (χ1v) is 12.8. The lowest BCUT2D eigenvalue weighted by molar-refractivity contribution is -0.0719. The number of nitrogens with zero attached hydrogens (tertiary/aromatic N) is 2. The number of primary amides is 1. The number of ether oxygens (including phenoxy) is 1. The van der Waals surface area contributed by atoms with E-state index in [-0.39, 0.29) is 35.7 Å². The lowest BCUT2D eigenvalue weighted by Gasteiger charge is -2.18. The number of fused-ring (bicyclic) bond motifs is 1. The molecule has 4 rings (SSSR count). The van der Waals surface area contributed by atoms with Crippen LogP contribution in [0.4, 0.5) is 4.39 Å². The van der Waals surface area contributed by atoms with E-state index in [1.54, 1.807) is 48.7 Å². The van der Waals surface area contributed by atoms with Gasteiger partial charge in [-0.1, -0.05) is 47.5 Å². The van der Waals surface area contributed by atoms with Crippen molar-refractivity contribution in [1.29, 1.82) is 0 Å². The topological polar surface area (TPSA) is 148 Å². The number of rotatable bonds is 10. The minimum absolute atomic E-state index is 0.0468. The van der Waals surface area contributed by atoms with Gasteiger partial charge in [-0.2, -0.15) is 0 Å². The summed E-state index contributed by atoms with van der Waals surface area (Å²) >= 11 is -2.24. The number of carbonyl (C=O) groups is 1. The number of benzene rings is 2. The summed E-state index contributed by atoms with van der Waals surface area (Å²) in [6.07, 6.45) is 0.510. The second-order valence-corrected chi connectivity index (χ2v) is 9.68. The largest absolute Gasteiger partial charge is 0.772 e. The summed E-state index contributed by atoms with van der Waals surface area (Å²) in [6.45, 7) is 0.0468. The van der Waals surface area contributed by atoms with Crippen LogP contribution in [0.3, 0.4) is 0 Å². The maximum absolute atomic E-state index is 13.6. The molecule has 0 fully saturated rings. The van der Waals surface area contributed by atoms with E-state index in [1.807, 2.05) is 0 Å². The van der Waals surface area contributed by atoms with Crippen LogP contribution in [-0.4, -0.2) is 42.7 Å². The molecule has 0 bridgehead atoms. The van der Waals surface area contributed by atoms with Gasteiger partial charge in [0.2, 0.25) is 0 Å². The number of nitrogens with two attached hydrogens (primary N) is 1. The first kappa shape index (κ1) is 27.3. The fourth-order valence-corrected chi connectivity index (χ4v) is 4.75. The van der Waals surface area contributed by atoms with Crippen molar-refractivity contribution in [2.24, 2.45) is 5.73 Å². The van der Waals surface area contributed by atoms with E-state index < -0.39 is 28.8 Å². The third kappa shape index (κ3) is 6.20. The average molecular weight is 539 g/mol. The Kier molecular flexibility index (Phi) is 8.42. The van der Waals surface area contributed by atoms with Gasteiger partial charge in [0.1, 0.15) is 11.4 Å². The van der Waals surface area contributed by atoms with Gasteiger partial charge in [-0.05, 0) is 46.9 Å². The number of methoxy groups -OCH3 is 1. The molecular formula is C27H25FN3O6S-. The molecule has 4 aromatic rings. The van der Waals surface area contributed by atoms with E-state index >= 15 is 0 Å². The van der Waals surface area contributed by atoms with Gasteiger partial charge in [-0.25, -0.2) is 4.39 Å². The van der Waals surface area contributed by atoms with E-state index in [1.165, 1.54) is 23.8 Å². The molecule has 0 saturated carbocycles. The predicted octanol–water partition coefficient (Wildman–Crippen LogP) is 2.16. The summed E-state index contributed by atoms with van der Waals surface area (Å²) in [5.41, 5.74) is 8.35. The number of amides is 1. The van der Waals surface area contributed by atoms with Crippen molar-refractivity contribution in [3.63, 3.8) is 0 Å². The molecule has 11 heteroatoms. The number of hydrogen-bond donors (Lipinski definition) is 2. The molecule has 38 heavy (non-hydrogen) atoms. The summed E-state index contributed by atoms with van der Waals surface area (Å²) in [6, 6.07) is 14.5. The monoisotopic (exact) mass is 538 g/mol. The van der Waals surface area contributed by atoms with Crippen molar-refractivity contribution in [1.82, 2.24) is 9.55 Å². The van der Waals surface area contributed by atoms with E-state index in [4.69, 9.17) is 10.5 Å². The molecule has 198 valence electrons. The average Bonchev–Trinajstić information content (AvgIpc) is 2.88. The molecule has 9 nitrogen and oxygen atoms in total. The normalized spacial score (nSPS) is 12.9. The Labute approximate surface area is 220 Å².